The fourth-order valence-electron chi connectivity index (χ4n) is 4.05. The van der Waals surface area contributed by atoms with E-state index in [0.717, 1.165) is 18.7 Å². The molecule has 0 saturated carbocycles. The van der Waals surface area contributed by atoms with Gasteiger partial charge in [0.15, 0.2) is 0 Å². The average Bonchev–Trinajstić information content (AvgIpc) is 3.13. The molecule has 7 heteroatoms. The highest BCUT2D eigenvalue weighted by Gasteiger charge is 2.45. The molecule has 1 amide bonds. The number of aliphatic hydroxyl groups excluding tert-OH is 1. The number of ether oxygens (including phenoxy) is 2. The number of hydrogen-bond acceptors (Lipinski definition) is 6. The van der Waals surface area contributed by atoms with Gasteiger partial charge in [-0.3, -0.25) is 9.59 Å². The number of carbonyl (C=O) groups is 2. The number of aliphatic hydroxyl groups is 1. The Kier molecular flexibility index (Phi) is 8.49. The van der Waals surface area contributed by atoms with Gasteiger partial charge in [-0.2, -0.15) is 0 Å². The van der Waals surface area contributed by atoms with Crippen molar-refractivity contribution in [2.24, 2.45) is 0 Å². The summed E-state index contributed by atoms with van der Waals surface area (Å²) in [5.41, 5.74) is 1.24. The molecule has 1 heterocycles. The minimum atomic E-state index is -0.703. The van der Waals surface area contributed by atoms with Gasteiger partial charge in [0.25, 0.3) is 11.7 Å². The predicted molar refractivity (Wildman–Crippen MR) is 132 cm³/mol. The number of rotatable bonds is 11. The average molecular weight is 465 g/mol. The molecule has 3 rings (SSSR count). The third-order valence-corrected chi connectivity index (χ3v) is 6.02. The molecule has 0 aliphatic carbocycles. The second-order valence-electron chi connectivity index (χ2n) is 7.92. The van der Waals surface area contributed by atoms with Crippen LogP contribution in [0, 0.1) is 0 Å². The van der Waals surface area contributed by atoms with E-state index in [2.05, 4.69) is 25.3 Å². The number of nitrogens with zero attached hydrogens (tertiary/aromatic N) is 2. The summed E-state index contributed by atoms with van der Waals surface area (Å²) in [5, 5.41) is 11.2. The Labute approximate surface area is 200 Å². The SMILES string of the molecule is C=CCOc1ccc([C@H]2/C(=C(\O)c3ccc(OC)cc3)C(=O)C(=O)N2CCN(CC)CC)cc1. The van der Waals surface area contributed by atoms with Crippen molar-refractivity contribution in [3.8, 4) is 11.5 Å². The second kappa shape index (κ2) is 11.5. The molecular formula is C27H32N2O5. The van der Waals surface area contributed by atoms with Crippen LogP contribution in [-0.4, -0.2) is 66.5 Å². The largest absolute Gasteiger partial charge is 0.507 e. The molecule has 1 atom stereocenters. The van der Waals surface area contributed by atoms with E-state index >= 15 is 0 Å². The van der Waals surface area contributed by atoms with Crippen molar-refractivity contribution in [1.82, 2.24) is 9.80 Å². The Morgan fingerprint density at radius 3 is 2.24 bits per heavy atom. The van der Waals surface area contributed by atoms with Gasteiger partial charge in [0.1, 0.15) is 23.9 Å². The van der Waals surface area contributed by atoms with Crippen LogP contribution in [-0.2, 0) is 9.59 Å². The number of likely N-dealkylation sites (tertiary alicyclic amines) is 1. The van der Waals surface area contributed by atoms with Crippen LogP contribution in [0.4, 0.5) is 0 Å². The number of ketones is 1. The number of carbonyl (C=O) groups excluding carboxylic acids is 2. The molecule has 0 unspecified atom stereocenters. The Hall–Kier alpha value is -3.58. The van der Waals surface area contributed by atoms with Gasteiger partial charge in [-0.25, -0.2) is 0 Å². The van der Waals surface area contributed by atoms with Crippen LogP contribution in [0.1, 0.15) is 31.0 Å². The first-order valence-electron chi connectivity index (χ1n) is 11.4. The minimum Gasteiger partial charge on any atom is -0.507 e. The number of methoxy groups -OCH3 is 1. The number of benzene rings is 2. The van der Waals surface area contributed by atoms with Crippen molar-refractivity contribution < 1.29 is 24.2 Å². The third kappa shape index (κ3) is 5.31. The van der Waals surface area contributed by atoms with E-state index in [9.17, 15) is 14.7 Å². The molecular weight excluding hydrogens is 432 g/mol. The van der Waals surface area contributed by atoms with E-state index in [-0.39, 0.29) is 11.3 Å². The third-order valence-electron chi connectivity index (χ3n) is 6.02. The normalized spacial score (nSPS) is 17.3. The van der Waals surface area contributed by atoms with Gasteiger partial charge in [-0.05, 0) is 55.1 Å². The first kappa shape index (κ1) is 25.1. The standard InChI is InChI=1S/C27H32N2O5/c1-5-18-34-22-14-8-19(9-15-22)24-23(25(30)20-10-12-21(33-4)13-11-20)26(31)27(32)29(24)17-16-28(6-2)7-3/h5,8-15,24,30H,1,6-7,16-18H2,2-4H3/b25-23+/t24-/m0/s1. The number of likely N-dealkylation sites (N-methyl/N-ethyl adjacent to an activating group) is 1. The van der Waals surface area contributed by atoms with Gasteiger partial charge in [0.2, 0.25) is 0 Å². The quantitative estimate of drug-likeness (QED) is 0.234. The molecule has 0 bridgehead atoms. The van der Waals surface area contributed by atoms with E-state index < -0.39 is 17.7 Å². The summed E-state index contributed by atoms with van der Waals surface area (Å²) in [6, 6.07) is 13.3. The van der Waals surface area contributed by atoms with Crippen LogP contribution >= 0.6 is 0 Å². The molecule has 7 nitrogen and oxygen atoms in total. The van der Waals surface area contributed by atoms with E-state index in [0.29, 0.717) is 36.8 Å². The summed E-state index contributed by atoms with van der Waals surface area (Å²) in [6.07, 6.45) is 1.66. The van der Waals surface area contributed by atoms with Crippen molar-refractivity contribution in [2.45, 2.75) is 19.9 Å². The topological polar surface area (TPSA) is 79.3 Å². The first-order valence-corrected chi connectivity index (χ1v) is 11.4. The maximum Gasteiger partial charge on any atom is 0.295 e. The maximum absolute atomic E-state index is 13.1. The lowest BCUT2D eigenvalue weighted by atomic mass is 9.95. The van der Waals surface area contributed by atoms with Gasteiger partial charge < -0.3 is 24.4 Å². The zero-order valence-corrected chi connectivity index (χ0v) is 20.0. The molecule has 1 fully saturated rings. The zero-order valence-electron chi connectivity index (χ0n) is 20.0. The molecule has 1 aliphatic rings. The summed E-state index contributed by atoms with van der Waals surface area (Å²) >= 11 is 0. The molecule has 1 N–H and O–H groups in total. The number of Topliss-reactive ketones (excluding diaryl/α,β-unsaturated/α-hetero) is 1. The van der Waals surface area contributed by atoms with E-state index in [1.807, 2.05) is 12.1 Å². The van der Waals surface area contributed by atoms with E-state index in [1.54, 1.807) is 54.5 Å². The summed E-state index contributed by atoms with van der Waals surface area (Å²) in [4.78, 5) is 30.0. The van der Waals surface area contributed by atoms with Gasteiger partial charge >= 0.3 is 0 Å². The van der Waals surface area contributed by atoms with Crippen LogP contribution in [0.15, 0.2) is 66.8 Å². The number of amides is 1. The lowest BCUT2D eigenvalue weighted by Gasteiger charge is -2.28. The molecule has 180 valence electrons. The molecule has 0 spiro atoms. The minimum absolute atomic E-state index is 0.0782. The Morgan fingerprint density at radius 2 is 1.68 bits per heavy atom. The summed E-state index contributed by atoms with van der Waals surface area (Å²) < 4.78 is 10.8. The molecule has 0 aromatic heterocycles. The zero-order chi connectivity index (χ0) is 24.7. The van der Waals surface area contributed by atoms with Gasteiger partial charge in [0, 0.05) is 18.7 Å². The monoisotopic (exact) mass is 464 g/mol. The second-order valence-corrected chi connectivity index (χ2v) is 7.92. The van der Waals surface area contributed by atoms with Crippen LogP contribution in [0.25, 0.3) is 5.76 Å². The Morgan fingerprint density at radius 1 is 1.06 bits per heavy atom. The van der Waals surface area contributed by atoms with Crippen molar-refractivity contribution >= 4 is 17.4 Å². The van der Waals surface area contributed by atoms with Crippen molar-refractivity contribution in [3.05, 3.63) is 77.9 Å². The fraction of sp³-hybridized carbons (Fsp3) is 0.333. The van der Waals surface area contributed by atoms with E-state index in [4.69, 9.17) is 9.47 Å². The van der Waals surface area contributed by atoms with Crippen LogP contribution in [0.2, 0.25) is 0 Å². The Bertz CT molecular complexity index is 1040. The predicted octanol–water partition coefficient (Wildman–Crippen LogP) is 4.02. The van der Waals surface area contributed by atoms with Crippen LogP contribution < -0.4 is 9.47 Å². The van der Waals surface area contributed by atoms with E-state index in [1.165, 1.54) is 0 Å². The Balaban J connectivity index is 2.05. The molecule has 2 aromatic carbocycles. The lowest BCUT2D eigenvalue weighted by Crippen LogP contribution is -2.38. The van der Waals surface area contributed by atoms with Gasteiger partial charge in [-0.1, -0.05) is 38.6 Å². The van der Waals surface area contributed by atoms with Gasteiger partial charge in [-0.15, -0.1) is 0 Å². The highest BCUT2D eigenvalue weighted by Crippen LogP contribution is 2.39. The summed E-state index contributed by atoms with van der Waals surface area (Å²) in [7, 11) is 1.55. The van der Waals surface area contributed by atoms with Crippen molar-refractivity contribution in [1.29, 1.82) is 0 Å². The fourth-order valence-corrected chi connectivity index (χ4v) is 4.05. The lowest BCUT2D eigenvalue weighted by molar-refractivity contribution is -0.140. The highest BCUT2D eigenvalue weighted by atomic mass is 16.5. The molecule has 1 aliphatic heterocycles. The maximum atomic E-state index is 13.1. The van der Waals surface area contributed by atoms with Crippen LogP contribution in [0.5, 0.6) is 11.5 Å². The summed E-state index contributed by atoms with van der Waals surface area (Å²) in [5.74, 6) is -0.228. The molecule has 1 saturated heterocycles. The van der Waals surface area contributed by atoms with Crippen molar-refractivity contribution in [3.63, 3.8) is 0 Å². The number of hydrogen-bond donors (Lipinski definition) is 1. The molecule has 0 radical (unpaired) electrons. The molecule has 34 heavy (non-hydrogen) atoms. The van der Waals surface area contributed by atoms with Crippen molar-refractivity contribution in [2.75, 3.05) is 39.9 Å². The van der Waals surface area contributed by atoms with Gasteiger partial charge in [0.05, 0.1) is 18.7 Å². The molecule has 2 aromatic rings. The van der Waals surface area contributed by atoms with Crippen LogP contribution in [0.3, 0.4) is 0 Å². The first-order chi connectivity index (χ1) is 16.4. The summed E-state index contributed by atoms with van der Waals surface area (Å²) in [6.45, 7) is 10.8. The smallest absolute Gasteiger partial charge is 0.295 e. The highest BCUT2D eigenvalue weighted by molar-refractivity contribution is 6.46.